The van der Waals surface area contributed by atoms with Gasteiger partial charge in [0.25, 0.3) is 10.0 Å². The number of furan rings is 1. The molecule has 4 heterocycles. The average Bonchev–Trinajstić information content (AvgIpc) is 3.59. The van der Waals surface area contributed by atoms with Crippen LogP contribution in [0.15, 0.2) is 56.7 Å². The van der Waals surface area contributed by atoms with E-state index in [2.05, 4.69) is 4.98 Å². The van der Waals surface area contributed by atoms with Crippen molar-refractivity contribution in [3.05, 3.63) is 65.4 Å². The molecule has 0 aliphatic carbocycles. The summed E-state index contributed by atoms with van der Waals surface area (Å²) in [5.74, 6) is -1.62. The highest BCUT2D eigenvalue weighted by Gasteiger charge is 2.41. The number of fused-ring (bicyclic) bond motifs is 1. The first kappa shape index (κ1) is 23.1. The van der Waals surface area contributed by atoms with E-state index in [1.807, 2.05) is 0 Å². The number of aromatic nitrogens is 1. The SMILES string of the molecule is O=C(C1CCCCN1S(=O)(=O)c1cccs1)N(Cc1ccco1)c1nc2c(F)cc(F)cc2s1. The number of halogens is 2. The monoisotopic (exact) mass is 523 g/mol. The second kappa shape index (κ2) is 9.17. The van der Waals surface area contributed by atoms with Crippen molar-refractivity contribution in [2.24, 2.45) is 0 Å². The lowest BCUT2D eigenvalue weighted by atomic mass is 10.0. The predicted octanol–water partition coefficient (Wildman–Crippen LogP) is 5.01. The maximum absolute atomic E-state index is 14.3. The van der Waals surface area contributed by atoms with Crippen molar-refractivity contribution >= 4 is 54.0 Å². The van der Waals surface area contributed by atoms with E-state index in [0.29, 0.717) is 25.0 Å². The molecule has 0 spiro atoms. The number of hydrogen-bond donors (Lipinski definition) is 0. The number of benzene rings is 1. The van der Waals surface area contributed by atoms with Crippen LogP contribution in [0.1, 0.15) is 25.0 Å². The Balaban J connectivity index is 1.55. The lowest BCUT2D eigenvalue weighted by molar-refractivity contribution is -0.123. The van der Waals surface area contributed by atoms with Gasteiger partial charge in [0.05, 0.1) is 17.5 Å². The maximum atomic E-state index is 14.3. The third kappa shape index (κ3) is 4.26. The number of carbonyl (C=O) groups is 1. The van der Waals surface area contributed by atoms with Crippen LogP contribution in [0, 0.1) is 11.6 Å². The first-order valence-corrected chi connectivity index (χ1v) is 13.6. The summed E-state index contributed by atoms with van der Waals surface area (Å²) in [4.78, 5) is 19.4. The Hall–Kier alpha value is -2.67. The first-order chi connectivity index (χ1) is 16.3. The smallest absolute Gasteiger partial charge is 0.253 e. The molecule has 1 fully saturated rings. The van der Waals surface area contributed by atoms with E-state index in [1.54, 1.807) is 23.6 Å². The fourth-order valence-corrected chi connectivity index (χ4v) is 7.78. The summed E-state index contributed by atoms with van der Waals surface area (Å²) in [6.45, 7) is 0.185. The summed E-state index contributed by atoms with van der Waals surface area (Å²) < 4.78 is 61.8. The molecule has 0 radical (unpaired) electrons. The fraction of sp³-hybridized carbons (Fsp3) is 0.273. The largest absolute Gasteiger partial charge is 0.467 e. The Morgan fingerprint density at radius 2 is 2.09 bits per heavy atom. The number of amides is 1. The van der Waals surface area contributed by atoms with E-state index in [-0.39, 0.29) is 32.6 Å². The third-order valence-electron chi connectivity index (χ3n) is 5.59. The zero-order valence-corrected chi connectivity index (χ0v) is 20.1. The second-order valence-electron chi connectivity index (χ2n) is 7.79. The average molecular weight is 524 g/mol. The van der Waals surface area contributed by atoms with Gasteiger partial charge in [-0.1, -0.05) is 23.8 Å². The fourth-order valence-electron chi connectivity index (χ4n) is 4.00. The van der Waals surface area contributed by atoms with Crippen LogP contribution in [-0.2, 0) is 21.4 Å². The molecule has 0 N–H and O–H groups in total. The molecule has 0 bridgehead atoms. The van der Waals surface area contributed by atoms with Crippen molar-refractivity contribution in [2.75, 3.05) is 11.4 Å². The Morgan fingerprint density at radius 3 is 2.82 bits per heavy atom. The van der Waals surface area contributed by atoms with Crippen LogP contribution < -0.4 is 4.90 Å². The number of thiazole rings is 1. The van der Waals surface area contributed by atoms with Crippen LogP contribution in [0.3, 0.4) is 0 Å². The quantitative estimate of drug-likeness (QED) is 0.355. The molecule has 0 saturated carbocycles. The topological polar surface area (TPSA) is 83.7 Å². The summed E-state index contributed by atoms with van der Waals surface area (Å²) in [5, 5.41) is 1.81. The number of thiophene rings is 1. The lowest BCUT2D eigenvalue weighted by Crippen LogP contribution is -2.52. The van der Waals surface area contributed by atoms with Gasteiger partial charge < -0.3 is 4.42 Å². The van der Waals surface area contributed by atoms with Crippen LogP contribution >= 0.6 is 22.7 Å². The molecular formula is C22H19F2N3O4S3. The molecule has 178 valence electrons. The number of nitrogens with zero attached hydrogens (tertiary/aromatic N) is 3. The van der Waals surface area contributed by atoms with Crippen LogP contribution in [0.25, 0.3) is 10.2 Å². The van der Waals surface area contributed by atoms with Crippen LogP contribution in [-0.4, -0.2) is 36.2 Å². The van der Waals surface area contributed by atoms with Gasteiger partial charge in [-0.05, 0) is 42.5 Å². The summed E-state index contributed by atoms with van der Waals surface area (Å²) >= 11 is 2.06. The summed E-state index contributed by atoms with van der Waals surface area (Å²) in [6.07, 6.45) is 3.12. The second-order valence-corrected chi connectivity index (χ2v) is 11.9. The predicted molar refractivity (Wildman–Crippen MR) is 125 cm³/mol. The number of anilines is 1. The molecule has 7 nitrogen and oxygen atoms in total. The number of carbonyl (C=O) groups excluding carboxylic acids is 1. The molecule has 34 heavy (non-hydrogen) atoms. The van der Waals surface area contributed by atoms with E-state index in [0.717, 1.165) is 34.8 Å². The molecule has 1 saturated heterocycles. The van der Waals surface area contributed by atoms with E-state index in [1.165, 1.54) is 21.5 Å². The number of rotatable bonds is 6. The first-order valence-electron chi connectivity index (χ1n) is 10.5. The highest BCUT2D eigenvalue weighted by molar-refractivity contribution is 7.91. The molecule has 1 unspecified atom stereocenters. The summed E-state index contributed by atoms with van der Waals surface area (Å²) in [5.41, 5.74) is -0.0506. The minimum absolute atomic E-state index is 0.0286. The van der Waals surface area contributed by atoms with Crippen molar-refractivity contribution in [3.63, 3.8) is 0 Å². The van der Waals surface area contributed by atoms with E-state index in [4.69, 9.17) is 4.42 Å². The minimum atomic E-state index is -3.87. The van der Waals surface area contributed by atoms with Crippen molar-refractivity contribution < 1.29 is 26.4 Å². The van der Waals surface area contributed by atoms with Gasteiger partial charge in [-0.15, -0.1) is 11.3 Å². The molecule has 1 aromatic carbocycles. The van der Waals surface area contributed by atoms with E-state index in [9.17, 15) is 22.0 Å². The van der Waals surface area contributed by atoms with E-state index < -0.39 is 33.6 Å². The van der Waals surface area contributed by atoms with Gasteiger partial charge in [0, 0.05) is 12.6 Å². The van der Waals surface area contributed by atoms with Gasteiger partial charge >= 0.3 is 0 Å². The van der Waals surface area contributed by atoms with Crippen molar-refractivity contribution in [1.29, 1.82) is 0 Å². The zero-order chi connectivity index (χ0) is 23.9. The summed E-state index contributed by atoms with van der Waals surface area (Å²) in [6, 6.07) is 7.45. The van der Waals surface area contributed by atoms with Gasteiger partial charge in [-0.25, -0.2) is 22.2 Å². The number of piperidine rings is 1. The molecule has 1 aliphatic rings. The van der Waals surface area contributed by atoms with Gasteiger partial charge in [-0.3, -0.25) is 9.69 Å². The van der Waals surface area contributed by atoms with Crippen molar-refractivity contribution in [1.82, 2.24) is 9.29 Å². The molecule has 1 amide bonds. The van der Waals surface area contributed by atoms with Crippen molar-refractivity contribution in [3.8, 4) is 0 Å². The molecule has 5 rings (SSSR count). The minimum Gasteiger partial charge on any atom is -0.467 e. The Bertz CT molecular complexity index is 1420. The lowest BCUT2D eigenvalue weighted by Gasteiger charge is -2.35. The normalized spacial score (nSPS) is 17.3. The Kier molecular flexibility index (Phi) is 6.23. The number of sulfonamides is 1. The molecule has 4 aromatic rings. The van der Waals surface area contributed by atoms with Crippen LogP contribution in [0.5, 0.6) is 0 Å². The van der Waals surface area contributed by atoms with Crippen LogP contribution in [0.2, 0.25) is 0 Å². The molecule has 12 heteroatoms. The standard InChI is InChI=1S/C22H19F2N3O4S3/c23-14-11-16(24)20-18(12-14)33-22(25-20)26(13-15-5-3-9-31-15)21(28)17-6-1-2-8-27(17)34(29,30)19-7-4-10-32-19/h3-5,7,9-12,17H,1-2,6,8,13H2. The maximum Gasteiger partial charge on any atom is 0.253 e. The molecular weight excluding hydrogens is 504 g/mol. The molecule has 1 atom stereocenters. The van der Waals surface area contributed by atoms with Gasteiger partial charge in [0.2, 0.25) is 5.91 Å². The molecule has 1 aliphatic heterocycles. The Labute approximate surface area is 202 Å². The van der Waals surface area contributed by atoms with Crippen LogP contribution in [0.4, 0.5) is 13.9 Å². The van der Waals surface area contributed by atoms with Gasteiger partial charge in [0.1, 0.15) is 27.3 Å². The van der Waals surface area contributed by atoms with Crippen molar-refractivity contribution in [2.45, 2.75) is 36.1 Å². The molecule has 3 aromatic heterocycles. The zero-order valence-electron chi connectivity index (χ0n) is 17.7. The van der Waals surface area contributed by atoms with Gasteiger partial charge in [0.15, 0.2) is 10.9 Å². The highest BCUT2D eigenvalue weighted by atomic mass is 32.2. The highest BCUT2D eigenvalue weighted by Crippen LogP contribution is 2.35. The Morgan fingerprint density at radius 1 is 1.24 bits per heavy atom. The number of hydrogen-bond acceptors (Lipinski definition) is 7. The summed E-state index contributed by atoms with van der Waals surface area (Å²) in [7, 11) is -3.87. The third-order valence-corrected chi connectivity index (χ3v) is 9.90. The van der Waals surface area contributed by atoms with Gasteiger partial charge in [-0.2, -0.15) is 4.31 Å². The van der Waals surface area contributed by atoms with E-state index >= 15 is 0 Å².